The zero-order chi connectivity index (χ0) is 22.5. The van der Waals surface area contributed by atoms with E-state index in [-0.39, 0.29) is 18.0 Å². The molecular formula is C21H19BrClN3O4S. The van der Waals surface area contributed by atoms with Gasteiger partial charge < -0.3 is 10.1 Å². The van der Waals surface area contributed by atoms with Crippen molar-refractivity contribution in [2.45, 2.75) is 26.7 Å². The number of hydrogen-bond donors (Lipinski definition) is 1. The normalized spacial score (nSPS) is 10.7. The molecule has 0 unspecified atom stereocenters. The van der Waals surface area contributed by atoms with Crippen LogP contribution in [0.5, 0.6) is 5.75 Å². The van der Waals surface area contributed by atoms with Gasteiger partial charge in [-0.25, -0.2) is 4.98 Å². The predicted octanol–water partition coefficient (Wildman–Crippen LogP) is 6.55. The highest BCUT2D eigenvalue weighted by Gasteiger charge is 2.12. The average Bonchev–Trinajstić information content (AvgIpc) is 3.21. The number of aryl methyl sites for hydroxylation is 1. The molecule has 3 rings (SSSR count). The molecule has 0 saturated carbocycles. The molecule has 0 aliphatic carbocycles. The molecule has 1 amide bonds. The van der Waals surface area contributed by atoms with Gasteiger partial charge in [-0.15, -0.1) is 11.3 Å². The third-order valence-corrected chi connectivity index (χ3v) is 6.82. The number of rotatable bonds is 8. The third kappa shape index (κ3) is 5.81. The molecule has 3 aromatic rings. The Hall–Kier alpha value is -2.49. The number of halogens is 2. The predicted molar refractivity (Wildman–Crippen MR) is 126 cm³/mol. The highest BCUT2D eigenvalue weighted by molar-refractivity contribution is 9.10. The van der Waals surface area contributed by atoms with E-state index in [4.69, 9.17) is 16.3 Å². The fraction of sp³-hybridized carbons (Fsp3) is 0.238. The van der Waals surface area contributed by atoms with Crippen LogP contribution in [0.4, 0.5) is 10.8 Å². The van der Waals surface area contributed by atoms with Crippen molar-refractivity contribution in [1.82, 2.24) is 4.98 Å². The first-order valence-electron chi connectivity index (χ1n) is 9.34. The summed E-state index contributed by atoms with van der Waals surface area (Å²) < 4.78 is 6.61. The summed E-state index contributed by atoms with van der Waals surface area (Å²) in [6.45, 7) is 4.22. The lowest BCUT2D eigenvalue weighted by Gasteiger charge is -2.13. The van der Waals surface area contributed by atoms with Crippen LogP contribution in [0.1, 0.15) is 24.0 Å². The number of benzene rings is 2. The van der Waals surface area contributed by atoms with Crippen LogP contribution in [0.15, 0.2) is 40.2 Å². The Bertz CT molecular complexity index is 1120. The molecule has 31 heavy (non-hydrogen) atoms. The first kappa shape index (κ1) is 23.2. The van der Waals surface area contributed by atoms with Crippen molar-refractivity contribution in [3.8, 4) is 17.0 Å². The molecule has 1 N–H and O–H groups in total. The number of nitro benzene ring substituents is 1. The minimum absolute atomic E-state index is 0.0191. The van der Waals surface area contributed by atoms with E-state index in [0.717, 1.165) is 21.2 Å². The first-order valence-corrected chi connectivity index (χ1v) is 11.4. The van der Waals surface area contributed by atoms with E-state index in [0.29, 0.717) is 34.6 Å². The zero-order valence-corrected chi connectivity index (χ0v) is 19.9. The van der Waals surface area contributed by atoms with Crippen molar-refractivity contribution < 1.29 is 14.5 Å². The number of carbonyl (C=O) groups excluding carboxylic acids is 1. The fourth-order valence-electron chi connectivity index (χ4n) is 2.82. The molecule has 0 saturated heterocycles. The number of nitrogens with zero attached hydrogens (tertiary/aromatic N) is 2. The maximum atomic E-state index is 12.2. The van der Waals surface area contributed by atoms with Crippen LogP contribution in [-0.4, -0.2) is 22.4 Å². The van der Waals surface area contributed by atoms with Crippen molar-refractivity contribution in [3.05, 3.63) is 66.4 Å². The van der Waals surface area contributed by atoms with Crippen LogP contribution in [0.3, 0.4) is 0 Å². The van der Waals surface area contributed by atoms with E-state index in [1.165, 1.54) is 23.5 Å². The summed E-state index contributed by atoms with van der Waals surface area (Å²) in [5, 5.41) is 16.5. The van der Waals surface area contributed by atoms with Crippen LogP contribution in [0.25, 0.3) is 11.3 Å². The molecule has 162 valence electrons. The number of amides is 1. The lowest BCUT2D eigenvalue weighted by molar-refractivity contribution is -0.384. The van der Waals surface area contributed by atoms with Gasteiger partial charge in [0.05, 0.1) is 21.7 Å². The topological polar surface area (TPSA) is 94.4 Å². The number of anilines is 1. The van der Waals surface area contributed by atoms with Crippen molar-refractivity contribution in [1.29, 1.82) is 0 Å². The standard InChI is InChI=1S/C21H19BrClN3O4S/c1-12-10-17(19(22)13(2)20(12)23)30-9-3-4-18(27)25-21-24-16(11-31-21)14-5-7-15(8-6-14)26(28)29/h5-8,10-11H,3-4,9H2,1-2H3,(H,24,25,27). The fourth-order valence-corrected chi connectivity index (χ4v) is 4.25. The number of ether oxygens (including phenoxy) is 1. The molecule has 0 atom stereocenters. The SMILES string of the molecule is Cc1cc(OCCCC(=O)Nc2nc(-c3ccc([N+](=O)[O-])cc3)cs2)c(Br)c(C)c1Cl. The van der Waals surface area contributed by atoms with E-state index in [9.17, 15) is 14.9 Å². The van der Waals surface area contributed by atoms with Gasteiger partial charge >= 0.3 is 0 Å². The summed E-state index contributed by atoms with van der Waals surface area (Å²) in [4.78, 5) is 26.9. The maximum absolute atomic E-state index is 12.2. The molecular weight excluding hydrogens is 506 g/mol. The van der Waals surface area contributed by atoms with Crippen LogP contribution in [-0.2, 0) is 4.79 Å². The Kier molecular flexibility index (Phi) is 7.64. The number of nitrogens with one attached hydrogen (secondary N) is 1. The molecule has 0 spiro atoms. The Balaban J connectivity index is 1.49. The van der Waals surface area contributed by atoms with Crippen LogP contribution in [0, 0.1) is 24.0 Å². The quantitative estimate of drug-likeness (QED) is 0.205. The molecule has 0 aliphatic heterocycles. The molecule has 7 nitrogen and oxygen atoms in total. The lowest BCUT2D eigenvalue weighted by Crippen LogP contribution is -2.12. The Labute approximate surface area is 196 Å². The Morgan fingerprint density at radius 3 is 2.71 bits per heavy atom. The highest BCUT2D eigenvalue weighted by atomic mass is 79.9. The van der Waals surface area contributed by atoms with Gasteiger partial charge in [-0.1, -0.05) is 11.6 Å². The molecule has 2 aromatic carbocycles. The van der Waals surface area contributed by atoms with Crippen molar-refractivity contribution >= 4 is 55.6 Å². The minimum Gasteiger partial charge on any atom is -0.492 e. The summed E-state index contributed by atoms with van der Waals surface area (Å²) in [5.74, 6) is 0.545. The summed E-state index contributed by atoms with van der Waals surface area (Å²) in [6, 6.07) is 7.99. The average molecular weight is 525 g/mol. The number of thiazole rings is 1. The van der Waals surface area contributed by atoms with Gasteiger partial charge in [0.2, 0.25) is 5.91 Å². The molecule has 0 aliphatic rings. The number of aromatic nitrogens is 1. The zero-order valence-electron chi connectivity index (χ0n) is 16.8. The maximum Gasteiger partial charge on any atom is 0.269 e. The number of non-ortho nitro benzene ring substituents is 1. The van der Waals surface area contributed by atoms with Crippen LogP contribution in [0.2, 0.25) is 5.02 Å². The van der Waals surface area contributed by atoms with Gasteiger partial charge in [-0.3, -0.25) is 14.9 Å². The number of carbonyl (C=O) groups is 1. The number of hydrogen-bond acceptors (Lipinski definition) is 6. The van der Waals surface area contributed by atoms with Gasteiger partial charge in [-0.2, -0.15) is 0 Å². The molecule has 1 aromatic heterocycles. The smallest absolute Gasteiger partial charge is 0.269 e. The second-order valence-electron chi connectivity index (χ2n) is 6.79. The third-order valence-electron chi connectivity index (χ3n) is 4.50. The van der Waals surface area contributed by atoms with E-state index < -0.39 is 4.92 Å². The van der Waals surface area contributed by atoms with Gasteiger partial charge in [0.15, 0.2) is 5.13 Å². The van der Waals surface area contributed by atoms with Gasteiger partial charge in [-0.05, 0) is 65.5 Å². The largest absolute Gasteiger partial charge is 0.492 e. The molecule has 0 radical (unpaired) electrons. The summed E-state index contributed by atoms with van der Waals surface area (Å²) in [5.41, 5.74) is 3.27. The van der Waals surface area contributed by atoms with E-state index in [2.05, 4.69) is 26.2 Å². The molecule has 0 bridgehead atoms. The second kappa shape index (κ2) is 10.2. The second-order valence-corrected chi connectivity index (χ2v) is 8.82. The first-order chi connectivity index (χ1) is 14.8. The van der Waals surface area contributed by atoms with Crippen LogP contribution < -0.4 is 10.1 Å². The monoisotopic (exact) mass is 523 g/mol. The highest BCUT2D eigenvalue weighted by Crippen LogP contribution is 2.35. The minimum atomic E-state index is -0.450. The van der Waals surface area contributed by atoms with Gasteiger partial charge in [0, 0.05) is 34.5 Å². The lowest BCUT2D eigenvalue weighted by atomic mass is 10.1. The van der Waals surface area contributed by atoms with E-state index in [1.807, 2.05) is 19.9 Å². The Morgan fingerprint density at radius 2 is 2.03 bits per heavy atom. The van der Waals surface area contributed by atoms with Crippen molar-refractivity contribution in [3.63, 3.8) is 0 Å². The van der Waals surface area contributed by atoms with Crippen molar-refractivity contribution in [2.75, 3.05) is 11.9 Å². The van der Waals surface area contributed by atoms with Crippen molar-refractivity contribution in [2.24, 2.45) is 0 Å². The number of nitro groups is 1. The van der Waals surface area contributed by atoms with E-state index >= 15 is 0 Å². The summed E-state index contributed by atoms with van der Waals surface area (Å²) >= 11 is 11.0. The van der Waals surface area contributed by atoms with Gasteiger partial charge in [0.25, 0.3) is 5.69 Å². The molecule has 0 fully saturated rings. The molecule has 1 heterocycles. The van der Waals surface area contributed by atoms with E-state index in [1.54, 1.807) is 17.5 Å². The summed E-state index contributed by atoms with van der Waals surface area (Å²) in [7, 11) is 0. The Morgan fingerprint density at radius 1 is 1.32 bits per heavy atom. The van der Waals surface area contributed by atoms with Gasteiger partial charge in [0.1, 0.15) is 5.75 Å². The summed E-state index contributed by atoms with van der Waals surface area (Å²) in [6.07, 6.45) is 0.829. The van der Waals surface area contributed by atoms with Crippen LogP contribution >= 0.6 is 38.9 Å². The molecule has 10 heteroatoms.